The Labute approximate surface area is 101 Å². The van der Waals surface area contributed by atoms with Crippen molar-refractivity contribution in [2.45, 2.75) is 42.7 Å². The summed E-state index contributed by atoms with van der Waals surface area (Å²) in [5, 5.41) is 12.9. The van der Waals surface area contributed by atoms with Crippen LogP contribution in [0.1, 0.15) is 12.8 Å². The van der Waals surface area contributed by atoms with Gasteiger partial charge in [0.15, 0.2) is 11.3 Å². The molecular weight excluding hydrogens is 257 g/mol. The molecule has 2 heterocycles. The molecule has 0 bridgehead atoms. The van der Waals surface area contributed by atoms with Crippen LogP contribution in [0.5, 0.6) is 0 Å². The van der Waals surface area contributed by atoms with Crippen molar-refractivity contribution in [3.05, 3.63) is 0 Å². The third kappa shape index (κ3) is 2.69. The predicted octanol–water partition coefficient (Wildman–Crippen LogP) is 1.11. The van der Waals surface area contributed by atoms with Crippen molar-refractivity contribution in [3.8, 4) is 0 Å². The number of rotatable bonds is 1. The van der Waals surface area contributed by atoms with Crippen LogP contribution in [0.3, 0.4) is 0 Å². The largest absolute Gasteiger partial charge is 0.416 e. The van der Waals surface area contributed by atoms with Gasteiger partial charge in [-0.05, 0) is 12.8 Å². The number of thioether (sulfide) groups is 1. The number of hydrogen-bond acceptors (Lipinski definition) is 4. The molecule has 0 aromatic heterocycles. The van der Waals surface area contributed by atoms with Crippen LogP contribution in [0.25, 0.3) is 0 Å². The molecule has 0 saturated carbocycles. The molecule has 0 amide bonds. The van der Waals surface area contributed by atoms with Gasteiger partial charge in [-0.1, -0.05) is 11.8 Å². The third-order valence-electron chi connectivity index (χ3n) is 2.83. The molecule has 17 heavy (non-hydrogen) atoms. The van der Waals surface area contributed by atoms with Gasteiger partial charge in [-0.2, -0.15) is 13.2 Å². The van der Waals surface area contributed by atoms with E-state index in [2.05, 4.69) is 10.3 Å². The van der Waals surface area contributed by atoms with Crippen LogP contribution in [0.2, 0.25) is 0 Å². The van der Waals surface area contributed by atoms with Gasteiger partial charge in [0.05, 0.1) is 12.1 Å². The topological polar surface area (TPSA) is 53.9 Å². The molecule has 2 N–H and O–H groups in total. The molecule has 98 valence electrons. The summed E-state index contributed by atoms with van der Waals surface area (Å²) in [5.74, 6) is 0. The number of amidine groups is 1. The molecule has 0 aromatic carbocycles. The lowest BCUT2D eigenvalue weighted by atomic mass is 10.0. The van der Waals surface area contributed by atoms with Gasteiger partial charge in [0.25, 0.3) is 0 Å². The van der Waals surface area contributed by atoms with Crippen LogP contribution >= 0.6 is 11.8 Å². The molecule has 2 saturated heterocycles. The van der Waals surface area contributed by atoms with Gasteiger partial charge in [0.2, 0.25) is 0 Å². The van der Waals surface area contributed by atoms with Gasteiger partial charge in [0, 0.05) is 7.05 Å². The molecule has 2 aliphatic heterocycles. The maximum atomic E-state index is 12.3. The van der Waals surface area contributed by atoms with E-state index in [0.29, 0.717) is 11.6 Å². The van der Waals surface area contributed by atoms with Gasteiger partial charge < -0.3 is 15.2 Å². The summed E-state index contributed by atoms with van der Waals surface area (Å²) in [4.78, 5) is 3.93. The summed E-state index contributed by atoms with van der Waals surface area (Å²) < 4.78 is 42.3. The SMILES string of the molecule is CN=C1N[C@@H]2CCC([C@@H](O)C(F)(F)F)O[C@@H]2S1. The molecule has 4 nitrogen and oxygen atoms in total. The quantitative estimate of drug-likeness (QED) is 0.749. The fraction of sp³-hybridized carbons (Fsp3) is 0.889. The average molecular weight is 270 g/mol. The first-order valence-corrected chi connectivity index (χ1v) is 6.10. The normalized spacial score (nSPS) is 37.7. The highest BCUT2D eigenvalue weighted by Crippen LogP contribution is 2.36. The van der Waals surface area contributed by atoms with Crippen molar-refractivity contribution in [2.24, 2.45) is 4.99 Å². The number of nitrogens with zero attached hydrogens (tertiary/aromatic N) is 1. The molecule has 2 aliphatic rings. The zero-order valence-corrected chi connectivity index (χ0v) is 9.88. The highest BCUT2D eigenvalue weighted by Gasteiger charge is 2.48. The van der Waals surface area contributed by atoms with Crippen molar-refractivity contribution in [3.63, 3.8) is 0 Å². The Balaban J connectivity index is 1.99. The first-order valence-electron chi connectivity index (χ1n) is 5.22. The number of ether oxygens (including phenoxy) is 1. The Bertz CT molecular complexity index is 324. The van der Waals surface area contributed by atoms with Crippen LogP contribution in [-0.2, 0) is 4.74 Å². The fourth-order valence-electron chi connectivity index (χ4n) is 1.93. The van der Waals surface area contributed by atoms with E-state index in [1.807, 2.05) is 0 Å². The summed E-state index contributed by atoms with van der Waals surface area (Å²) in [5.41, 5.74) is -0.399. The van der Waals surface area contributed by atoms with E-state index in [4.69, 9.17) is 9.84 Å². The highest BCUT2D eigenvalue weighted by atomic mass is 32.2. The summed E-state index contributed by atoms with van der Waals surface area (Å²) >= 11 is 1.26. The minimum absolute atomic E-state index is 0.0182. The molecule has 0 aromatic rings. The monoisotopic (exact) mass is 270 g/mol. The smallest absolute Gasteiger partial charge is 0.381 e. The summed E-state index contributed by atoms with van der Waals surface area (Å²) in [7, 11) is 1.61. The number of halogens is 3. The second-order valence-electron chi connectivity index (χ2n) is 4.00. The zero-order chi connectivity index (χ0) is 12.6. The van der Waals surface area contributed by atoms with Crippen molar-refractivity contribution >= 4 is 16.9 Å². The number of nitrogens with one attached hydrogen (secondary N) is 1. The molecule has 2 fully saturated rings. The van der Waals surface area contributed by atoms with Gasteiger partial charge >= 0.3 is 6.18 Å². The Kier molecular flexibility index (Phi) is 3.55. The summed E-state index contributed by atoms with van der Waals surface area (Å²) in [6.07, 6.45) is -7.50. The summed E-state index contributed by atoms with van der Waals surface area (Å²) in [6.45, 7) is 0. The van der Waals surface area contributed by atoms with Crippen LogP contribution < -0.4 is 5.32 Å². The molecule has 2 rings (SSSR count). The Morgan fingerprint density at radius 3 is 2.82 bits per heavy atom. The Hall–Kier alpha value is -0.470. The lowest BCUT2D eigenvalue weighted by Crippen LogP contribution is -2.48. The van der Waals surface area contributed by atoms with Gasteiger partial charge in [-0.3, -0.25) is 4.99 Å². The lowest BCUT2D eigenvalue weighted by molar-refractivity contribution is -0.244. The minimum Gasteiger partial charge on any atom is -0.381 e. The van der Waals surface area contributed by atoms with Crippen molar-refractivity contribution in [1.82, 2.24) is 5.32 Å². The molecule has 8 heteroatoms. The number of hydrogen-bond donors (Lipinski definition) is 2. The number of aliphatic imine (C=N–C) groups is 1. The van der Waals surface area contributed by atoms with Crippen LogP contribution in [0.15, 0.2) is 4.99 Å². The second-order valence-corrected chi connectivity index (χ2v) is 5.09. The number of aliphatic hydroxyl groups excluding tert-OH is 1. The van der Waals surface area contributed by atoms with Crippen LogP contribution in [0, 0.1) is 0 Å². The van der Waals surface area contributed by atoms with Crippen molar-refractivity contribution in [1.29, 1.82) is 0 Å². The molecule has 4 atom stereocenters. The van der Waals surface area contributed by atoms with E-state index in [-0.39, 0.29) is 12.5 Å². The molecular formula is C9H13F3N2O2S. The van der Waals surface area contributed by atoms with Crippen molar-refractivity contribution < 1.29 is 23.0 Å². The van der Waals surface area contributed by atoms with E-state index >= 15 is 0 Å². The minimum atomic E-state index is -4.63. The van der Waals surface area contributed by atoms with E-state index in [1.54, 1.807) is 7.05 Å². The lowest BCUT2D eigenvalue weighted by Gasteiger charge is -2.34. The number of fused-ring (bicyclic) bond motifs is 1. The fourth-order valence-corrected chi connectivity index (χ4v) is 3.04. The first kappa shape index (κ1) is 13.0. The third-order valence-corrected chi connectivity index (χ3v) is 4.02. The van der Waals surface area contributed by atoms with Gasteiger partial charge in [0.1, 0.15) is 5.44 Å². The molecule has 1 unspecified atom stereocenters. The van der Waals surface area contributed by atoms with Crippen LogP contribution in [-0.4, -0.2) is 47.2 Å². The molecule has 0 aliphatic carbocycles. The van der Waals surface area contributed by atoms with Crippen LogP contribution in [0.4, 0.5) is 13.2 Å². The highest BCUT2D eigenvalue weighted by molar-refractivity contribution is 8.14. The molecule has 0 spiro atoms. The van der Waals surface area contributed by atoms with Gasteiger partial charge in [-0.15, -0.1) is 0 Å². The second kappa shape index (κ2) is 4.66. The summed E-state index contributed by atoms with van der Waals surface area (Å²) in [6, 6.07) is -0.0182. The average Bonchev–Trinajstić information content (AvgIpc) is 2.68. The van der Waals surface area contributed by atoms with E-state index in [1.165, 1.54) is 11.8 Å². The number of alkyl halides is 3. The maximum Gasteiger partial charge on any atom is 0.416 e. The standard InChI is InChI=1S/C9H13F3N2O2S/c1-13-8-14-4-2-3-5(16-7(4)17-8)6(15)9(10,11)12/h4-7,15H,2-3H2,1H3,(H,13,14)/t4-,5?,6-,7-/m1/s1. The molecule has 0 radical (unpaired) electrons. The van der Waals surface area contributed by atoms with Crippen molar-refractivity contribution in [2.75, 3.05) is 7.05 Å². The maximum absolute atomic E-state index is 12.3. The Morgan fingerprint density at radius 1 is 1.53 bits per heavy atom. The van der Waals surface area contributed by atoms with E-state index in [9.17, 15) is 13.2 Å². The number of aliphatic hydroxyl groups is 1. The zero-order valence-electron chi connectivity index (χ0n) is 9.07. The predicted molar refractivity (Wildman–Crippen MR) is 57.8 cm³/mol. The van der Waals surface area contributed by atoms with Gasteiger partial charge in [-0.25, -0.2) is 0 Å². The van der Waals surface area contributed by atoms with E-state index < -0.39 is 23.8 Å². The van der Waals surface area contributed by atoms with E-state index in [0.717, 1.165) is 0 Å². The first-order chi connectivity index (χ1) is 7.91. The Morgan fingerprint density at radius 2 is 2.24 bits per heavy atom.